The van der Waals surface area contributed by atoms with Crippen molar-refractivity contribution in [1.29, 1.82) is 0 Å². The highest BCUT2D eigenvalue weighted by Gasteiger charge is 2.36. The van der Waals surface area contributed by atoms with E-state index in [9.17, 15) is 24.5 Å². The summed E-state index contributed by atoms with van der Waals surface area (Å²) in [6.45, 7) is 1.70. The second-order valence-corrected chi connectivity index (χ2v) is 4.34. The van der Waals surface area contributed by atoms with Crippen molar-refractivity contribution in [2.24, 2.45) is 5.41 Å². The Hall–Kier alpha value is -2.39. The van der Waals surface area contributed by atoms with E-state index in [4.69, 9.17) is 14.2 Å². The Balaban J connectivity index is 5.02. The van der Waals surface area contributed by atoms with Crippen LogP contribution in [0.2, 0.25) is 0 Å². The van der Waals surface area contributed by atoms with Crippen molar-refractivity contribution in [2.75, 3.05) is 26.4 Å². The van der Waals surface area contributed by atoms with E-state index in [0.717, 1.165) is 20.8 Å². The number of esters is 3. The van der Waals surface area contributed by atoms with E-state index < -0.39 is 35.0 Å². The molecule has 0 rings (SSSR count). The molecule has 0 saturated heterocycles. The molecule has 0 spiro atoms. The van der Waals surface area contributed by atoms with Gasteiger partial charge in [-0.3, -0.25) is 14.4 Å². The van der Waals surface area contributed by atoms with Crippen molar-refractivity contribution >= 4 is 17.9 Å². The van der Waals surface area contributed by atoms with Crippen molar-refractivity contribution in [1.82, 2.24) is 0 Å². The molecule has 0 bridgehead atoms. The van der Waals surface area contributed by atoms with Gasteiger partial charge in [-0.2, -0.15) is 0 Å². The molecule has 120 valence electrons. The van der Waals surface area contributed by atoms with Gasteiger partial charge in [-0.25, -0.2) is 0 Å². The highest BCUT2D eigenvalue weighted by molar-refractivity contribution is 5.67. The molecule has 0 aliphatic rings. The van der Waals surface area contributed by atoms with E-state index in [1.807, 2.05) is 0 Å². The van der Waals surface area contributed by atoms with Gasteiger partial charge in [-0.05, 0) is 0 Å². The molecular formula is C11H17NO9. The SMILES string of the molecule is CC(=O)OCC(COC(C)=O)(COC(C)=O)CO[N+](=O)[O-]. The lowest BCUT2D eigenvalue weighted by atomic mass is 9.92. The highest BCUT2D eigenvalue weighted by atomic mass is 17.0. The van der Waals surface area contributed by atoms with E-state index in [1.54, 1.807) is 0 Å². The van der Waals surface area contributed by atoms with Crippen molar-refractivity contribution in [2.45, 2.75) is 20.8 Å². The van der Waals surface area contributed by atoms with Gasteiger partial charge in [0.2, 0.25) is 0 Å². The summed E-state index contributed by atoms with van der Waals surface area (Å²) in [5, 5.41) is 9.27. The van der Waals surface area contributed by atoms with Gasteiger partial charge < -0.3 is 19.0 Å². The van der Waals surface area contributed by atoms with Gasteiger partial charge in [-0.1, -0.05) is 0 Å². The fraction of sp³-hybridized carbons (Fsp3) is 0.727. The van der Waals surface area contributed by atoms with Crippen molar-refractivity contribution in [3.8, 4) is 0 Å². The fourth-order valence-electron chi connectivity index (χ4n) is 1.20. The number of nitrogens with zero attached hydrogens (tertiary/aromatic N) is 1. The molecule has 0 N–H and O–H groups in total. The number of carbonyl (C=O) groups excluding carboxylic acids is 3. The van der Waals surface area contributed by atoms with Crippen LogP contribution >= 0.6 is 0 Å². The molecule has 21 heavy (non-hydrogen) atoms. The van der Waals surface area contributed by atoms with Gasteiger partial charge in [0, 0.05) is 20.8 Å². The second-order valence-electron chi connectivity index (χ2n) is 4.34. The van der Waals surface area contributed by atoms with Crippen LogP contribution in [-0.4, -0.2) is 49.4 Å². The molecule has 0 amide bonds. The third kappa shape index (κ3) is 9.19. The molecule has 0 aliphatic carbocycles. The molecule has 0 fully saturated rings. The summed E-state index contributed by atoms with van der Waals surface area (Å²) in [7, 11) is 0. The first kappa shape index (κ1) is 18.6. The topological polar surface area (TPSA) is 131 Å². The lowest BCUT2D eigenvalue weighted by Gasteiger charge is -2.30. The number of hydrogen-bond acceptors (Lipinski definition) is 9. The number of rotatable bonds is 9. The van der Waals surface area contributed by atoms with Gasteiger partial charge in [0.05, 0.1) is 5.41 Å². The molecular weight excluding hydrogens is 290 g/mol. The number of hydrogen-bond donors (Lipinski definition) is 0. The van der Waals surface area contributed by atoms with Crippen LogP contribution in [0.3, 0.4) is 0 Å². The summed E-state index contributed by atoms with van der Waals surface area (Å²) in [4.78, 5) is 47.3. The Morgan fingerprint density at radius 3 is 1.43 bits per heavy atom. The molecule has 0 radical (unpaired) electrons. The van der Waals surface area contributed by atoms with E-state index in [2.05, 4.69) is 4.84 Å². The average molecular weight is 307 g/mol. The summed E-state index contributed by atoms with van der Waals surface area (Å²) >= 11 is 0. The van der Waals surface area contributed by atoms with Crippen LogP contribution in [0.4, 0.5) is 0 Å². The van der Waals surface area contributed by atoms with E-state index in [-0.39, 0.29) is 19.8 Å². The number of ether oxygens (including phenoxy) is 3. The molecule has 0 atom stereocenters. The first-order valence-electron chi connectivity index (χ1n) is 5.84. The minimum absolute atomic E-state index is 0.378. The summed E-state index contributed by atoms with van der Waals surface area (Å²) in [6, 6.07) is 0. The summed E-state index contributed by atoms with van der Waals surface area (Å²) < 4.78 is 14.3. The fourth-order valence-corrected chi connectivity index (χ4v) is 1.20. The van der Waals surface area contributed by atoms with Crippen molar-refractivity contribution in [3.05, 3.63) is 10.1 Å². The summed E-state index contributed by atoms with van der Waals surface area (Å²) in [6.07, 6.45) is 0. The molecule has 0 aromatic heterocycles. The first-order valence-corrected chi connectivity index (χ1v) is 5.84. The third-order valence-corrected chi connectivity index (χ3v) is 2.22. The van der Waals surface area contributed by atoms with Crippen LogP contribution in [0.25, 0.3) is 0 Å². The Labute approximate surface area is 120 Å². The molecule has 0 unspecified atom stereocenters. The van der Waals surface area contributed by atoms with Crippen LogP contribution in [0.15, 0.2) is 0 Å². The Morgan fingerprint density at radius 2 is 1.19 bits per heavy atom. The van der Waals surface area contributed by atoms with Gasteiger partial charge in [-0.15, -0.1) is 10.1 Å². The Kier molecular flexibility index (Phi) is 7.72. The molecule has 0 saturated carbocycles. The average Bonchev–Trinajstić information content (AvgIpc) is 2.36. The van der Waals surface area contributed by atoms with Crippen molar-refractivity contribution in [3.63, 3.8) is 0 Å². The lowest BCUT2D eigenvalue weighted by Crippen LogP contribution is -2.43. The zero-order chi connectivity index (χ0) is 16.5. The minimum Gasteiger partial charge on any atom is -0.465 e. The lowest BCUT2D eigenvalue weighted by molar-refractivity contribution is -0.761. The molecule has 0 aromatic carbocycles. The molecule has 0 aromatic rings. The standard InChI is InChI=1S/C11H17NO9/c1-8(13)18-4-11(5-19-9(2)14,6-20-10(3)15)7-21-12(16)17/h4-7H2,1-3H3. The van der Waals surface area contributed by atoms with Crippen LogP contribution in [-0.2, 0) is 33.4 Å². The van der Waals surface area contributed by atoms with Crippen molar-refractivity contribution < 1.29 is 38.5 Å². The maximum atomic E-state index is 10.9. The normalized spacial score (nSPS) is 10.4. The molecule has 10 nitrogen and oxygen atoms in total. The van der Waals surface area contributed by atoms with Crippen LogP contribution < -0.4 is 0 Å². The molecule has 0 aliphatic heterocycles. The highest BCUT2D eigenvalue weighted by Crippen LogP contribution is 2.21. The van der Waals surface area contributed by atoms with Gasteiger partial charge in [0.1, 0.15) is 26.4 Å². The van der Waals surface area contributed by atoms with Crippen LogP contribution in [0.1, 0.15) is 20.8 Å². The number of carbonyl (C=O) groups is 3. The maximum Gasteiger partial charge on any atom is 0.302 e. The summed E-state index contributed by atoms with van der Waals surface area (Å²) in [5.41, 5.74) is -1.37. The zero-order valence-corrected chi connectivity index (χ0v) is 11.9. The quantitative estimate of drug-likeness (QED) is 0.247. The first-order chi connectivity index (χ1) is 9.67. The predicted octanol–water partition coefficient (Wildman–Crippen LogP) is -0.130. The second kappa shape index (κ2) is 8.72. The predicted molar refractivity (Wildman–Crippen MR) is 65.3 cm³/mol. The van der Waals surface area contributed by atoms with Crippen LogP contribution in [0.5, 0.6) is 0 Å². The van der Waals surface area contributed by atoms with Gasteiger partial charge in [0.15, 0.2) is 0 Å². The monoisotopic (exact) mass is 307 g/mol. The molecule has 0 heterocycles. The third-order valence-electron chi connectivity index (χ3n) is 2.22. The van der Waals surface area contributed by atoms with E-state index in [0.29, 0.717) is 0 Å². The maximum absolute atomic E-state index is 10.9. The Bertz CT molecular complexity index is 329. The van der Waals surface area contributed by atoms with Gasteiger partial charge in [0.25, 0.3) is 5.09 Å². The Morgan fingerprint density at radius 1 is 0.857 bits per heavy atom. The van der Waals surface area contributed by atoms with E-state index in [1.165, 1.54) is 0 Å². The van der Waals surface area contributed by atoms with E-state index >= 15 is 0 Å². The minimum atomic E-state index is -1.37. The van der Waals surface area contributed by atoms with Crippen LogP contribution in [0, 0.1) is 15.5 Å². The largest absolute Gasteiger partial charge is 0.465 e. The molecule has 10 heteroatoms. The zero-order valence-electron chi connectivity index (χ0n) is 11.9. The van der Waals surface area contributed by atoms with Gasteiger partial charge >= 0.3 is 17.9 Å². The summed E-state index contributed by atoms with van der Waals surface area (Å²) in [5.74, 6) is -1.94. The smallest absolute Gasteiger partial charge is 0.302 e.